The first-order valence-electron chi connectivity index (χ1n) is 12.6. The van der Waals surface area contributed by atoms with E-state index in [1.807, 2.05) is 38.3 Å². The minimum atomic E-state index is -0.445. The molecule has 1 aliphatic carbocycles. The number of ketones is 2. The number of nitrogens with zero attached hydrogens (tertiary/aromatic N) is 2. The molecule has 6 nitrogen and oxygen atoms in total. The molecule has 0 bridgehead atoms. The Balaban J connectivity index is 1.17. The van der Waals surface area contributed by atoms with Crippen LogP contribution in [0.3, 0.4) is 0 Å². The molecule has 7 heteroatoms. The summed E-state index contributed by atoms with van der Waals surface area (Å²) < 4.78 is 5.86. The minimum Gasteiger partial charge on any atom is -0.463 e. The van der Waals surface area contributed by atoms with Crippen molar-refractivity contribution in [2.45, 2.75) is 52.1 Å². The lowest BCUT2D eigenvalue weighted by Crippen LogP contribution is -2.44. The number of rotatable bonds is 9. The van der Waals surface area contributed by atoms with Crippen molar-refractivity contribution in [2.24, 2.45) is 17.3 Å². The molecule has 4 rings (SSSR count). The van der Waals surface area contributed by atoms with Crippen molar-refractivity contribution in [2.75, 3.05) is 39.8 Å². The molecule has 1 unspecified atom stereocenters. The number of halogens is 1. The van der Waals surface area contributed by atoms with Crippen LogP contribution >= 0.6 is 11.6 Å². The lowest BCUT2D eigenvalue weighted by molar-refractivity contribution is -0.131. The van der Waals surface area contributed by atoms with E-state index in [9.17, 15) is 9.59 Å². The molecule has 0 spiro atoms. The fourth-order valence-electron chi connectivity index (χ4n) is 5.47. The molecule has 2 fully saturated rings. The summed E-state index contributed by atoms with van der Waals surface area (Å²) in [5.41, 5.74) is -0.445. The molecule has 1 aromatic rings. The molecule has 1 atom stereocenters. The van der Waals surface area contributed by atoms with E-state index < -0.39 is 5.41 Å². The van der Waals surface area contributed by atoms with Gasteiger partial charge in [0.2, 0.25) is 0 Å². The molecule has 2 aliphatic heterocycles. The summed E-state index contributed by atoms with van der Waals surface area (Å²) in [5.74, 6) is 2.85. The van der Waals surface area contributed by atoms with Crippen molar-refractivity contribution >= 4 is 23.2 Å². The van der Waals surface area contributed by atoms with E-state index in [2.05, 4.69) is 21.2 Å². The fourth-order valence-corrected chi connectivity index (χ4v) is 5.61. The third kappa shape index (κ3) is 6.28. The highest BCUT2D eigenvalue weighted by atomic mass is 35.5. The maximum absolute atomic E-state index is 13.1. The van der Waals surface area contributed by atoms with Gasteiger partial charge in [-0.05, 0) is 90.5 Å². The Morgan fingerprint density at radius 1 is 1.06 bits per heavy atom. The number of nitrogens with one attached hydrogen (secondary N) is 1. The second-order valence-corrected chi connectivity index (χ2v) is 10.8. The Morgan fingerprint density at radius 3 is 2.35 bits per heavy atom. The second kappa shape index (κ2) is 11.3. The van der Waals surface area contributed by atoms with Crippen molar-refractivity contribution in [3.8, 4) is 0 Å². The van der Waals surface area contributed by atoms with Crippen LogP contribution in [-0.4, -0.2) is 61.1 Å². The van der Waals surface area contributed by atoms with Crippen molar-refractivity contribution < 1.29 is 14.0 Å². The molecule has 3 heterocycles. The van der Waals surface area contributed by atoms with E-state index >= 15 is 0 Å². The van der Waals surface area contributed by atoms with E-state index in [0.29, 0.717) is 29.6 Å². The Morgan fingerprint density at radius 2 is 1.71 bits per heavy atom. The summed E-state index contributed by atoms with van der Waals surface area (Å²) in [5, 5.41) is 3.82. The number of furan rings is 1. The molecule has 2 saturated heterocycles. The predicted molar refractivity (Wildman–Crippen MR) is 134 cm³/mol. The summed E-state index contributed by atoms with van der Waals surface area (Å²) in [6.07, 6.45) is 9.93. The largest absolute Gasteiger partial charge is 0.463 e. The number of piperidine rings is 2. The quantitative estimate of drug-likeness (QED) is 0.564. The van der Waals surface area contributed by atoms with Gasteiger partial charge in [0.15, 0.2) is 0 Å². The first kappa shape index (κ1) is 25.4. The number of allylic oxidation sites excluding steroid dienone is 4. The van der Waals surface area contributed by atoms with Crippen LogP contribution in [0, 0.1) is 17.3 Å². The topological polar surface area (TPSA) is 65.8 Å². The van der Waals surface area contributed by atoms with Gasteiger partial charge >= 0.3 is 0 Å². The lowest BCUT2D eigenvalue weighted by Gasteiger charge is -2.36. The van der Waals surface area contributed by atoms with Gasteiger partial charge in [-0.3, -0.25) is 19.4 Å². The minimum absolute atomic E-state index is 0.0738. The molecular formula is C27H38ClN3O3. The van der Waals surface area contributed by atoms with Crippen LogP contribution in [0.15, 0.2) is 39.8 Å². The zero-order valence-electron chi connectivity index (χ0n) is 20.5. The third-order valence-corrected chi connectivity index (χ3v) is 8.00. The van der Waals surface area contributed by atoms with Gasteiger partial charge in [0, 0.05) is 22.3 Å². The third-order valence-electron chi connectivity index (χ3n) is 7.72. The molecule has 34 heavy (non-hydrogen) atoms. The standard InChI is InChI=1S/C27H38ClN3O3/c1-27(11-5-22(28)6-12-27)26(33)21-9-15-31(16-10-21)19-25(32)20-7-13-30(14-8-20)18-24-4-3-23(34-24)17-29-2/h3-6,11,20-21,29H,7-10,12-19H2,1-2H3. The molecule has 3 aliphatic rings. The number of carbonyl (C=O) groups excluding carboxylic acids is 2. The SMILES string of the molecule is CNCc1ccc(CN2CCC(C(=O)CN3CCC(C(=O)C4(C)C=CC(Cl)=CC4)CC3)CC2)o1. The summed E-state index contributed by atoms with van der Waals surface area (Å²) in [6, 6.07) is 4.08. The van der Waals surface area contributed by atoms with Crippen LogP contribution in [0.1, 0.15) is 50.5 Å². The van der Waals surface area contributed by atoms with Gasteiger partial charge in [0.25, 0.3) is 0 Å². The molecule has 1 aromatic heterocycles. The molecule has 0 aromatic carbocycles. The average molecular weight is 488 g/mol. The van der Waals surface area contributed by atoms with Gasteiger partial charge in [-0.2, -0.15) is 0 Å². The molecule has 1 N–H and O–H groups in total. The Bertz CT molecular complexity index is 923. The van der Waals surface area contributed by atoms with Crippen molar-refractivity contribution in [1.29, 1.82) is 0 Å². The normalized spacial score (nSPS) is 25.4. The second-order valence-electron chi connectivity index (χ2n) is 10.4. The maximum atomic E-state index is 13.1. The summed E-state index contributed by atoms with van der Waals surface area (Å²) in [6.45, 7) is 7.59. The van der Waals surface area contributed by atoms with Gasteiger partial charge in [-0.25, -0.2) is 0 Å². The van der Waals surface area contributed by atoms with E-state index in [0.717, 1.165) is 76.5 Å². The Labute approximate surface area is 208 Å². The van der Waals surface area contributed by atoms with E-state index in [1.54, 1.807) is 0 Å². The van der Waals surface area contributed by atoms with E-state index in [1.165, 1.54) is 0 Å². The van der Waals surface area contributed by atoms with Gasteiger partial charge in [0.05, 0.1) is 19.6 Å². The highest BCUT2D eigenvalue weighted by Crippen LogP contribution is 2.36. The van der Waals surface area contributed by atoms with Crippen LogP contribution < -0.4 is 5.32 Å². The molecule has 186 valence electrons. The summed E-state index contributed by atoms with van der Waals surface area (Å²) >= 11 is 6.04. The number of carbonyl (C=O) groups is 2. The van der Waals surface area contributed by atoms with Gasteiger partial charge in [-0.1, -0.05) is 23.8 Å². The van der Waals surface area contributed by atoms with Crippen LogP contribution in [0.5, 0.6) is 0 Å². The Kier molecular flexibility index (Phi) is 8.46. The summed E-state index contributed by atoms with van der Waals surface area (Å²) in [4.78, 5) is 30.7. The monoisotopic (exact) mass is 487 g/mol. The number of likely N-dealkylation sites (tertiary alicyclic amines) is 2. The smallest absolute Gasteiger partial charge is 0.149 e. The first-order chi connectivity index (χ1) is 16.4. The summed E-state index contributed by atoms with van der Waals surface area (Å²) in [7, 11) is 1.91. The van der Waals surface area contributed by atoms with Crippen LogP contribution in [0.25, 0.3) is 0 Å². The highest BCUT2D eigenvalue weighted by molar-refractivity contribution is 6.31. The predicted octanol–water partition coefficient (Wildman–Crippen LogP) is 4.15. The van der Waals surface area contributed by atoms with Gasteiger partial charge in [-0.15, -0.1) is 0 Å². The number of Topliss-reactive ketones (excluding diaryl/α,β-unsaturated/α-hetero) is 2. The molecule has 0 saturated carbocycles. The molecule has 0 radical (unpaired) electrons. The van der Waals surface area contributed by atoms with Crippen LogP contribution in [-0.2, 0) is 22.7 Å². The molecule has 0 amide bonds. The highest BCUT2D eigenvalue weighted by Gasteiger charge is 2.38. The molecular weight excluding hydrogens is 450 g/mol. The van der Waals surface area contributed by atoms with Crippen molar-refractivity contribution in [3.05, 3.63) is 46.9 Å². The van der Waals surface area contributed by atoms with Crippen molar-refractivity contribution in [3.63, 3.8) is 0 Å². The maximum Gasteiger partial charge on any atom is 0.149 e. The van der Waals surface area contributed by atoms with E-state index in [-0.39, 0.29) is 11.8 Å². The van der Waals surface area contributed by atoms with Crippen LogP contribution in [0.2, 0.25) is 0 Å². The number of hydrogen-bond donors (Lipinski definition) is 1. The number of hydrogen-bond acceptors (Lipinski definition) is 6. The van der Waals surface area contributed by atoms with Gasteiger partial charge < -0.3 is 9.73 Å². The van der Waals surface area contributed by atoms with E-state index in [4.69, 9.17) is 16.0 Å². The van der Waals surface area contributed by atoms with Gasteiger partial charge in [0.1, 0.15) is 23.1 Å². The zero-order valence-corrected chi connectivity index (χ0v) is 21.3. The fraction of sp³-hybridized carbons (Fsp3) is 0.630. The zero-order chi connectivity index (χ0) is 24.1. The van der Waals surface area contributed by atoms with Crippen molar-refractivity contribution in [1.82, 2.24) is 15.1 Å². The first-order valence-corrected chi connectivity index (χ1v) is 13.0. The lowest BCUT2D eigenvalue weighted by atomic mass is 9.72. The Hall–Kier alpha value is -1.73. The van der Waals surface area contributed by atoms with Crippen LogP contribution in [0.4, 0.5) is 0 Å². The average Bonchev–Trinajstić information content (AvgIpc) is 3.28.